The smallest absolute Gasteiger partial charge is 0.335 e. The average Bonchev–Trinajstić information content (AvgIpc) is 2.33. The molecule has 1 N–H and O–H groups in total. The van der Waals surface area contributed by atoms with Crippen molar-refractivity contribution in [2.24, 2.45) is 0 Å². The first-order chi connectivity index (χ1) is 8.99. The Hall–Kier alpha value is -1.27. The number of hydrogen-bond donors (Lipinski definition) is 1. The largest absolute Gasteiger partial charge is 0.490 e. The fourth-order valence-electron chi connectivity index (χ4n) is 1.54. The van der Waals surface area contributed by atoms with E-state index in [4.69, 9.17) is 19.3 Å². The number of carboxylic acid groups (broad SMARTS) is 1. The number of benzene rings is 1. The topological polar surface area (TPSA) is 65.0 Å². The van der Waals surface area contributed by atoms with Crippen LogP contribution in [0.1, 0.15) is 24.2 Å². The fraction of sp³-hybridized carbons (Fsp3) is 0.462. The Labute approximate surface area is 120 Å². The summed E-state index contributed by atoms with van der Waals surface area (Å²) in [5.74, 6) is -0.133. The van der Waals surface area contributed by atoms with Gasteiger partial charge in [0.15, 0.2) is 11.5 Å². The van der Waals surface area contributed by atoms with Gasteiger partial charge >= 0.3 is 5.97 Å². The van der Waals surface area contributed by atoms with Crippen LogP contribution in [0.4, 0.5) is 0 Å². The third-order valence-corrected chi connectivity index (χ3v) is 2.87. The van der Waals surface area contributed by atoms with Crippen LogP contribution in [0.3, 0.4) is 0 Å². The van der Waals surface area contributed by atoms with E-state index in [2.05, 4.69) is 15.9 Å². The van der Waals surface area contributed by atoms with Crippen molar-refractivity contribution in [3.8, 4) is 11.5 Å². The summed E-state index contributed by atoms with van der Waals surface area (Å²) in [7, 11) is 1.59. The van der Waals surface area contributed by atoms with E-state index in [1.165, 1.54) is 12.1 Å². The van der Waals surface area contributed by atoms with Gasteiger partial charge < -0.3 is 19.3 Å². The molecule has 1 rings (SSSR count). The summed E-state index contributed by atoms with van der Waals surface area (Å²) in [6.45, 7) is 4.53. The van der Waals surface area contributed by atoms with E-state index in [1.807, 2.05) is 13.8 Å². The minimum Gasteiger partial charge on any atom is -0.490 e. The molecule has 0 saturated heterocycles. The average molecular weight is 333 g/mol. The molecule has 1 unspecified atom stereocenters. The van der Waals surface area contributed by atoms with E-state index < -0.39 is 5.97 Å². The molecule has 1 aromatic rings. The van der Waals surface area contributed by atoms with Crippen LogP contribution in [0.5, 0.6) is 11.5 Å². The predicted molar refractivity (Wildman–Crippen MR) is 74.2 cm³/mol. The minimum atomic E-state index is -1.02. The molecule has 0 aliphatic rings. The zero-order valence-corrected chi connectivity index (χ0v) is 12.7. The molecule has 19 heavy (non-hydrogen) atoms. The first-order valence-corrected chi connectivity index (χ1v) is 6.64. The van der Waals surface area contributed by atoms with Gasteiger partial charge in [0.1, 0.15) is 6.10 Å². The van der Waals surface area contributed by atoms with Crippen LogP contribution < -0.4 is 9.47 Å². The van der Waals surface area contributed by atoms with E-state index in [1.54, 1.807) is 7.11 Å². The molecule has 0 heterocycles. The van der Waals surface area contributed by atoms with Crippen molar-refractivity contribution < 1.29 is 24.1 Å². The zero-order chi connectivity index (χ0) is 14.4. The molecule has 0 amide bonds. The lowest BCUT2D eigenvalue weighted by Gasteiger charge is -2.18. The van der Waals surface area contributed by atoms with Crippen LogP contribution in [0.25, 0.3) is 0 Å². The Morgan fingerprint density at radius 2 is 2.16 bits per heavy atom. The first kappa shape index (κ1) is 15.8. The normalized spacial score (nSPS) is 12.0. The monoisotopic (exact) mass is 332 g/mol. The lowest BCUT2D eigenvalue weighted by Crippen LogP contribution is -2.19. The van der Waals surface area contributed by atoms with Crippen molar-refractivity contribution in [1.29, 1.82) is 0 Å². The van der Waals surface area contributed by atoms with Crippen LogP contribution in [-0.2, 0) is 4.74 Å². The van der Waals surface area contributed by atoms with Crippen LogP contribution >= 0.6 is 15.9 Å². The van der Waals surface area contributed by atoms with Crippen LogP contribution in [-0.4, -0.2) is 37.5 Å². The highest BCUT2D eigenvalue weighted by Crippen LogP contribution is 2.37. The van der Waals surface area contributed by atoms with Crippen molar-refractivity contribution in [2.45, 2.75) is 20.0 Å². The van der Waals surface area contributed by atoms with E-state index in [-0.39, 0.29) is 11.7 Å². The van der Waals surface area contributed by atoms with Crippen molar-refractivity contribution in [1.82, 2.24) is 0 Å². The van der Waals surface area contributed by atoms with Crippen molar-refractivity contribution in [3.05, 3.63) is 22.2 Å². The second-order valence-corrected chi connectivity index (χ2v) is 4.76. The zero-order valence-electron chi connectivity index (χ0n) is 11.1. The van der Waals surface area contributed by atoms with Gasteiger partial charge in [0.05, 0.1) is 23.2 Å². The maximum atomic E-state index is 11.0. The van der Waals surface area contributed by atoms with Crippen LogP contribution in [0.15, 0.2) is 16.6 Å². The summed E-state index contributed by atoms with van der Waals surface area (Å²) in [6, 6.07) is 2.94. The van der Waals surface area contributed by atoms with Crippen molar-refractivity contribution >= 4 is 21.9 Å². The molecular formula is C13H17BrO5. The van der Waals surface area contributed by atoms with E-state index >= 15 is 0 Å². The van der Waals surface area contributed by atoms with Gasteiger partial charge in [-0.05, 0) is 41.9 Å². The number of aromatic carboxylic acids is 1. The van der Waals surface area contributed by atoms with Crippen LogP contribution in [0, 0.1) is 0 Å². The third kappa shape index (κ3) is 4.40. The molecule has 0 fully saturated rings. The summed E-state index contributed by atoms with van der Waals surface area (Å²) in [5.41, 5.74) is 0.141. The number of ether oxygens (including phenoxy) is 3. The Kier molecular flexibility index (Phi) is 6.11. The highest BCUT2D eigenvalue weighted by Gasteiger charge is 2.17. The van der Waals surface area contributed by atoms with E-state index in [0.29, 0.717) is 29.2 Å². The van der Waals surface area contributed by atoms with Gasteiger partial charge in [-0.3, -0.25) is 0 Å². The molecule has 6 heteroatoms. The van der Waals surface area contributed by atoms with Crippen molar-refractivity contribution in [2.75, 3.05) is 20.3 Å². The SMILES string of the molecule is CCOc1cc(C(=O)O)cc(Br)c1OC(C)COC. The fourth-order valence-corrected chi connectivity index (χ4v) is 2.07. The summed E-state index contributed by atoms with van der Waals surface area (Å²) in [6.07, 6.45) is -0.170. The minimum absolute atomic E-state index is 0.141. The molecule has 0 aliphatic carbocycles. The molecule has 106 valence electrons. The number of rotatable bonds is 7. The summed E-state index contributed by atoms with van der Waals surface area (Å²) in [5, 5.41) is 9.02. The molecule has 0 saturated carbocycles. The summed E-state index contributed by atoms with van der Waals surface area (Å²) >= 11 is 3.31. The predicted octanol–water partition coefficient (Wildman–Crippen LogP) is 2.96. The Bertz CT molecular complexity index is 447. The highest BCUT2D eigenvalue weighted by atomic mass is 79.9. The molecule has 0 aromatic heterocycles. The van der Waals surface area contributed by atoms with E-state index in [9.17, 15) is 4.79 Å². The second-order valence-electron chi connectivity index (χ2n) is 3.91. The van der Waals surface area contributed by atoms with Gasteiger partial charge in [0.25, 0.3) is 0 Å². The quantitative estimate of drug-likeness (QED) is 0.831. The van der Waals surface area contributed by atoms with Crippen LogP contribution in [0.2, 0.25) is 0 Å². The molecule has 0 bridgehead atoms. The summed E-state index contributed by atoms with van der Waals surface area (Å²) < 4.78 is 16.7. The van der Waals surface area contributed by atoms with Gasteiger partial charge in [0, 0.05) is 7.11 Å². The number of methoxy groups -OCH3 is 1. The molecule has 0 spiro atoms. The lowest BCUT2D eigenvalue weighted by atomic mass is 10.2. The van der Waals surface area contributed by atoms with E-state index in [0.717, 1.165) is 0 Å². The van der Waals surface area contributed by atoms with Gasteiger partial charge in [0.2, 0.25) is 0 Å². The second kappa shape index (κ2) is 7.35. The Morgan fingerprint density at radius 3 is 2.68 bits per heavy atom. The van der Waals surface area contributed by atoms with Gasteiger partial charge in [-0.15, -0.1) is 0 Å². The molecular weight excluding hydrogens is 316 g/mol. The first-order valence-electron chi connectivity index (χ1n) is 5.84. The number of carboxylic acids is 1. The Balaban J connectivity index is 3.10. The standard InChI is InChI=1S/C13H17BrO5/c1-4-18-11-6-9(13(15)16)5-10(14)12(11)19-8(2)7-17-3/h5-6,8H,4,7H2,1-3H3,(H,15,16). The highest BCUT2D eigenvalue weighted by molar-refractivity contribution is 9.10. The van der Waals surface area contributed by atoms with Crippen molar-refractivity contribution in [3.63, 3.8) is 0 Å². The van der Waals surface area contributed by atoms with Gasteiger partial charge in [-0.1, -0.05) is 0 Å². The van der Waals surface area contributed by atoms with Gasteiger partial charge in [-0.25, -0.2) is 4.79 Å². The maximum absolute atomic E-state index is 11.0. The Morgan fingerprint density at radius 1 is 1.47 bits per heavy atom. The molecule has 5 nitrogen and oxygen atoms in total. The molecule has 1 aromatic carbocycles. The third-order valence-electron chi connectivity index (χ3n) is 2.28. The molecule has 0 radical (unpaired) electrons. The molecule has 1 atom stereocenters. The van der Waals surface area contributed by atoms with Gasteiger partial charge in [-0.2, -0.15) is 0 Å². The number of hydrogen-bond acceptors (Lipinski definition) is 4. The lowest BCUT2D eigenvalue weighted by molar-refractivity contribution is 0.0695. The maximum Gasteiger partial charge on any atom is 0.335 e. The number of carbonyl (C=O) groups is 1. The number of halogens is 1. The molecule has 0 aliphatic heterocycles. The summed E-state index contributed by atoms with van der Waals surface area (Å²) in [4.78, 5) is 11.0.